The number of carbonyl (C=O) groups excluding carboxylic acids is 1. The third-order valence-electron chi connectivity index (χ3n) is 4.09. The Morgan fingerprint density at radius 2 is 2.33 bits per heavy atom. The van der Waals surface area contributed by atoms with Crippen molar-refractivity contribution in [3.05, 3.63) is 57.1 Å². The van der Waals surface area contributed by atoms with Crippen molar-refractivity contribution >= 4 is 17.2 Å². The predicted molar refractivity (Wildman–Crippen MR) is 87.9 cm³/mol. The van der Waals surface area contributed by atoms with Crippen LogP contribution in [0.2, 0.25) is 0 Å². The quantitative estimate of drug-likeness (QED) is 0.787. The molecule has 122 valence electrons. The normalized spacial score (nSPS) is 17.3. The minimum absolute atomic E-state index is 0.00292. The lowest BCUT2D eigenvalue weighted by Crippen LogP contribution is -2.28. The fourth-order valence-corrected chi connectivity index (χ4v) is 3.53. The number of aromatic nitrogens is 3. The van der Waals surface area contributed by atoms with Crippen molar-refractivity contribution < 1.29 is 9.32 Å². The second-order valence-corrected chi connectivity index (χ2v) is 6.42. The number of thiophene rings is 1. The Balaban J connectivity index is 1.57. The first-order valence-corrected chi connectivity index (χ1v) is 8.49. The summed E-state index contributed by atoms with van der Waals surface area (Å²) in [6.07, 6.45) is 2.19. The zero-order valence-corrected chi connectivity index (χ0v) is 13.5. The third kappa shape index (κ3) is 2.76. The molecule has 0 saturated carbocycles. The highest BCUT2D eigenvalue weighted by Crippen LogP contribution is 2.27. The van der Waals surface area contributed by atoms with Crippen LogP contribution in [0.15, 0.2) is 44.5 Å². The SMILES string of the molecule is O=C(c1ccno1)N1CCC(c2nc(-c3ccsc3)cc(=O)[nH]2)C1. The number of nitrogens with one attached hydrogen (secondary N) is 1. The highest BCUT2D eigenvalue weighted by Gasteiger charge is 2.31. The van der Waals surface area contributed by atoms with Crippen molar-refractivity contribution in [2.45, 2.75) is 12.3 Å². The van der Waals surface area contributed by atoms with E-state index in [4.69, 9.17) is 4.52 Å². The molecule has 24 heavy (non-hydrogen) atoms. The van der Waals surface area contributed by atoms with Gasteiger partial charge in [-0.1, -0.05) is 5.16 Å². The average Bonchev–Trinajstić information content (AvgIpc) is 3.36. The molecule has 3 aromatic heterocycles. The molecule has 1 fully saturated rings. The van der Waals surface area contributed by atoms with E-state index in [1.807, 2.05) is 16.8 Å². The van der Waals surface area contributed by atoms with Crippen molar-refractivity contribution in [3.63, 3.8) is 0 Å². The van der Waals surface area contributed by atoms with E-state index in [2.05, 4.69) is 15.1 Å². The highest BCUT2D eigenvalue weighted by molar-refractivity contribution is 7.08. The molecule has 0 bridgehead atoms. The number of hydrogen-bond donors (Lipinski definition) is 1. The summed E-state index contributed by atoms with van der Waals surface area (Å²) in [6, 6.07) is 4.98. The largest absolute Gasteiger partial charge is 0.351 e. The van der Waals surface area contributed by atoms with Crippen LogP contribution in [-0.2, 0) is 0 Å². The Kier molecular flexibility index (Phi) is 3.73. The summed E-state index contributed by atoms with van der Waals surface area (Å²) in [6.45, 7) is 1.09. The first-order valence-electron chi connectivity index (χ1n) is 7.54. The first kappa shape index (κ1) is 14.8. The molecule has 0 aliphatic carbocycles. The fourth-order valence-electron chi connectivity index (χ4n) is 2.88. The first-order chi connectivity index (χ1) is 11.7. The lowest BCUT2D eigenvalue weighted by Gasteiger charge is -2.14. The minimum atomic E-state index is -0.189. The van der Waals surface area contributed by atoms with Crippen molar-refractivity contribution in [2.75, 3.05) is 13.1 Å². The number of nitrogens with zero attached hydrogens (tertiary/aromatic N) is 3. The van der Waals surface area contributed by atoms with Crippen molar-refractivity contribution in [2.24, 2.45) is 0 Å². The summed E-state index contributed by atoms with van der Waals surface area (Å²) >= 11 is 1.56. The van der Waals surface area contributed by atoms with E-state index < -0.39 is 0 Å². The highest BCUT2D eigenvalue weighted by atomic mass is 32.1. The van der Waals surface area contributed by atoms with Crippen LogP contribution in [0.3, 0.4) is 0 Å². The summed E-state index contributed by atoms with van der Waals surface area (Å²) in [5.74, 6) is 0.662. The Labute approximate surface area is 140 Å². The second kappa shape index (κ2) is 6.04. The number of amides is 1. The number of likely N-dealkylation sites (tertiary alicyclic amines) is 1. The van der Waals surface area contributed by atoms with E-state index in [9.17, 15) is 9.59 Å². The van der Waals surface area contributed by atoms with Crippen LogP contribution >= 0.6 is 11.3 Å². The molecule has 1 aliphatic heterocycles. The Hall–Kier alpha value is -2.74. The smallest absolute Gasteiger partial charge is 0.292 e. The van der Waals surface area contributed by atoms with E-state index in [0.717, 1.165) is 12.0 Å². The molecule has 4 rings (SSSR count). The summed E-state index contributed by atoms with van der Waals surface area (Å²) in [5.41, 5.74) is 1.41. The fraction of sp³-hybridized carbons (Fsp3) is 0.250. The van der Waals surface area contributed by atoms with E-state index in [-0.39, 0.29) is 23.1 Å². The zero-order chi connectivity index (χ0) is 16.5. The second-order valence-electron chi connectivity index (χ2n) is 5.64. The predicted octanol–water partition coefficient (Wildman–Crippen LogP) is 2.12. The van der Waals surface area contributed by atoms with Crippen LogP contribution < -0.4 is 5.56 Å². The Morgan fingerprint density at radius 3 is 3.08 bits per heavy atom. The van der Waals surface area contributed by atoms with Gasteiger partial charge in [0.15, 0.2) is 0 Å². The van der Waals surface area contributed by atoms with Gasteiger partial charge in [-0.05, 0) is 17.9 Å². The van der Waals surface area contributed by atoms with Crippen LogP contribution in [-0.4, -0.2) is 39.0 Å². The molecule has 1 atom stereocenters. The van der Waals surface area contributed by atoms with Gasteiger partial charge in [0.2, 0.25) is 5.76 Å². The summed E-state index contributed by atoms with van der Waals surface area (Å²) in [7, 11) is 0. The topological polar surface area (TPSA) is 92.1 Å². The summed E-state index contributed by atoms with van der Waals surface area (Å²) < 4.78 is 4.92. The lowest BCUT2D eigenvalue weighted by atomic mass is 10.1. The Bertz CT molecular complexity index is 902. The summed E-state index contributed by atoms with van der Waals surface area (Å²) in [5, 5.41) is 7.47. The molecule has 1 aliphatic rings. The van der Waals surface area contributed by atoms with Gasteiger partial charge in [-0.15, -0.1) is 0 Å². The molecule has 1 N–H and O–H groups in total. The summed E-state index contributed by atoms with van der Waals surface area (Å²) in [4.78, 5) is 33.4. The molecule has 0 aromatic carbocycles. The van der Waals surface area contributed by atoms with Gasteiger partial charge in [-0.25, -0.2) is 4.98 Å². The van der Waals surface area contributed by atoms with Crippen LogP contribution in [0.5, 0.6) is 0 Å². The molecule has 4 heterocycles. The van der Waals surface area contributed by atoms with Crippen molar-refractivity contribution in [1.29, 1.82) is 0 Å². The molecule has 7 nitrogen and oxygen atoms in total. The maximum absolute atomic E-state index is 12.3. The van der Waals surface area contributed by atoms with Crippen LogP contribution in [0, 0.1) is 0 Å². The van der Waals surface area contributed by atoms with E-state index >= 15 is 0 Å². The minimum Gasteiger partial charge on any atom is -0.351 e. The van der Waals surface area contributed by atoms with Gasteiger partial charge < -0.3 is 14.4 Å². The van der Waals surface area contributed by atoms with Crippen LogP contribution in [0.1, 0.15) is 28.7 Å². The van der Waals surface area contributed by atoms with Crippen LogP contribution in [0.4, 0.5) is 0 Å². The number of aromatic amines is 1. The molecule has 1 saturated heterocycles. The number of H-pyrrole nitrogens is 1. The maximum atomic E-state index is 12.3. The van der Waals surface area contributed by atoms with Gasteiger partial charge in [0.25, 0.3) is 11.5 Å². The molecular formula is C16H14N4O3S. The van der Waals surface area contributed by atoms with E-state index in [0.29, 0.717) is 24.6 Å². The molecule has 8 heteroatoms. The van der Waals surface area contributed by atoms with Gasteiger partial charge in [-0.2, -0.15) is 11.3 Å². The van der Waals surface area contributed by atoms with Gasteiger partial charge in [-0.3, -0.25) is 9.59 Å². The van der Waals surface area contributed by atoms with Gasteiger partial charge >= 0.3 is 0 Å². The van der Waals surface area contributed by atoms with Crippen molar-refractivity contribution in [3.8, 4) is 11.3 Å². The van der Waals surface area contributed by atoms with Crippen LogP contribution in [0.25, 0.3) is 11.3 Å². The van der Waals surface area contributed by atoms with Gasteiger partial charge in [0, 0.05) is 42.1 Å². The molecule has 0 radical (unpaired) electrons. The number of hydrogen-bond acceptors (Lipinski definition) is 6. The zero-order valence-electron chi connectivity index (χ0n) is 12.6. The van der Waals surface area contributed by atoms with Crippen molar-refractivity contribution in [1.82, 2.24) is 20.0 Å². The molecule has 0 spiro atoms. The van der Waals surface area contributed by atoms with Gasteiger partial charge in [0.1, 0.15) is 5.82 Å². The maximum Gasteiger partial charge on any atom is 0.292 e. The Morgan fingerprint density at radius 1 is 1.42 bits per heavy atom. The van der Waals surface area contributed by atoms with Gasteiger partial charge in [0.05, 0.1) is 11.9 Å². The third-order valence-corrected chi connectivity index (χ3v) is 4.77. The number of rotatable bonds is 3. The molecule has 1 amide bonds. The lowest BCUT2D eigenvalue weighted by molar-refractivity contribution is 0.0749. The molecule has 1 unspecified atom stereocenters. The molecular weight excluding hydrogens is 328 g/mol. The van der Waals surface area contributed by atoms with E-state index in [1.165, 1.54) is 12.3 Å². The monoisotopic (exact) mass is 342 g/mol. The van der Waals surface area contributed by atoms with E-state index in [1.54, 1.807) is 22.3 Å². The average molecular weight is 342 g/mol. The molecule has 3 aromatic rings. The number of carbonyl (C=O) groups is 1. The standard InChI is InChI=1S/C16H14N4O3S/c21-14-7-12(11-3-6-24-9-11)18-15(19-14)10-2-5-20(8-10)16(22)13-1-4-17-23-13/h1,3-4,6-7,9-10H,2,5,8H2,(H,18,19,21).